The van der Waals surface area contributed by atoms with Crippen LogP contribution in [0.25, 0.3) is 0 Å². The highest BCUT2D eigenvalue weighted by Gasteiger charge is 2.25. The van der Waals surface area contributed by atoms with E-state index in [1.807, 2.05) is 18.2 Å². The lowest BCUT2D eigenvalue weighted by atomic mass is 9.88. The molecule has 0 aromatic heterocycles. The van der Waals surface area contributed by atoms with Gasteiger partial charge in [-0.3, -0.25) is 4.79 Å². The molecular formula is C13H16O2. The summed E-state index contributed by atoms with van der Waals surface area (Å²) in [7, 11) is 0. The van der Waals surface area contributed by atoms with Gasteiger partial charge in [-0.05, 0) is 24.0 Å². The molecule has 1 aliphatic rings. The Morgan fingerprint density at radius 2 is 2.20 bits per heavy atom. The number of hydrogen-bond acceptors (Lipinski definition) is 2. The lowest BCUT2D eigenvalue weighted by molar-refractivity contribution is -0.136. The Bertz CT molecular complexity index is 357. The fraction of sp³-hybridized carbons (Fsp3) is 0.462. The van der Waals surface area contributed by atoms with Crippen molar-refractivity contribution in [1.29, 1.82) is 0 Å². The molecule has 0 saturated carbocycles. The number of esters is 1. The Morgan fingerprint density at radius 3 is 3.00 bits per heavy atom. The number of rotatable bonds is 3. The Labute approximate surface area is 90.3 Å². The molecule has 1 aromatic rings. The average molecular weight is 204 g/mol. The zero-order chi connectivity index (χ0) is 10.7. The van der Waals surface area contributed by atoms with Crippen LogP contribution < -0.4 is 4.74 Å². The zero-order valence-corrected chi connectivity index (χ0v) is 9.03. The molecule has 1 atom stereocenters. The molecule has 0 aliphatic carbocycles. The SMILES string of the molecule is CCCC[C@@H]1CC(=O)Oc2ccccc21. The molecule has 0 spiro atoms. The van der Waals surface area contributed by atoms with E-state index in [-0.39, 0.29) is 5.97 Å². The lowest BCUT2D eigenvalue weighted by Crippen LogP contribution is -2.20. The number of para-hydroxylation sites is 1. The molecule has 1 aromatic carbocycles. The van der Waals surface area contributed by atoms with E-state index in [0.717, 1.165) is 12.2 Å². The van der Waals surface area contributed by atoms with Crippen molar-refractivity contribution in [2.75, 3.05) is 0 Å². The average Bonchev–Trinajstić information content (AvgIpc) is 2.25. The second-order valence-electron chi connectivity index (χ2n) is 4.06. The van der Waals surface area contributed by atoms with E-state index in [2.05, 4.69) is 13.0 Å². The van der Waals surface area contributed by atoms with Crippen LogP contribution in [0.1, 0.15) is 44.1 Å². The van der Waals surface area contributed by atoms with Crippen molar-refractivity contribution in [3.8, 4) is 5.75 Å². The summed E-state index contributed by atoms with van der Waals surface area (Å²) in [6.45, 7) is 2.17. The minimum absolute atomic E-state index is 0.0881. The van der Waals surface area contributed by atoms with Crippen molar-refractivity contribution < 1.29 is 9.53 Å². The van der Waals surface area contributed by atoms with Gasteiger partial charge in [0.25, 0.3) is 0 Å². The van der Waals surface area contributed by atoms with Gasteiger partial charge in [-0.1, -0.05) is 38.0 Å². The number of carbonyl (C=O) groups excluding carboxylic acids is 1. The third-order valence-corrected chi connectivity index (χ3v) is 2.90. The van der Waals surface area contributed by atoms with E-state index >= 15 is 0 Å². The first kappa shape index (κ1) is 10.2. The van der Waals surface area contributed by atoms with E-state index in [1.54, 1.807) is 0 Å². The third-order valence-electron chi connectivity index (χ3n) is 2.90. The van der Waals surface area contributed by atoms with Gasteiger partial charge in [0, 0.05) is 0 Å². The van der Waals surface area contributed by atoms with Gasteiger partial charge in [-0.15, -0.1) is 0 Å². The van der Waals surface area contributed by atoms with Crippen LogP contribution in [0.3, 0.4) is 0 Å². The summed E-state index contributed by atoms with van der Waals surface area (Å²) in [6.07, 6.45) is 3.97. The molecule has 2 rings (SSSR count). The van der Waals surface area contributed by atoms with Gasteiger partial charge in [0.1, 0.15) is 5.75 Å². The van der Waals surface area contributed by atoms with Crippen LogP contribution in [0.15, 0.2) is 24.3 Å². The molecule has 0 N–H and O–H groups in total. The van der Waals surface area contributed by atoms with Gasteiger partial charge in [-0.2, -0.15) is 0 Å². The second-order valence-corrected chi connectivity index (χ2v) is 4.06. The van der Waals surface area contributed by atoms with Crippen LogP contribution in [0.4, 0.5) is 0 Å². The normalized spacial score (nSPS) is 19.5. The maximum atomic E-state index is 11.4. The molecule has 0 fully saturated rings. The minimum Gasteiger partial charge on any atom is -0.426 e. The molecular weight excluding hydrogens is 188 g/mol. The number of ether oxygens (including phenoxy) is 1. The van der Waals surface area contributed by atoms with Crippen LogP contribution in [0.2, 0.25) is 0 Å². The van der Waals surface area contributed by atoms with Crippen LogP contribution in [0.5, 0.6) is 5.75 Å². The monoisotopic (exact) mass is 204 g/mol. The predicted octanol–water partition coefficient (Wildman–Crippen LogP) is 3.27. The fourth-order valence-corrected chi connectivity index (χ4v) is 2.09. The van der Waals surface area contributed by atoms with E-state index < -0.39 is 0 Å². The molecule has 0 saturated heterocycles. The van der Waals surface area contributed by atoms with Gasteiger partial charge < -0.3 is 4.74 Å². The minimum atomic E-state index is -0.0881. The summed E-state index contributed by atoms with van der Waals surface area (Å²) in [5.41, 5.74) is 1.20. The number of fused-ring (bicyclic) bond motifs is 1. The summed E-state index contributed by atoms with van der Waals surface area (Å²) < 4.78 is 5.20. The number of benzene rings is 1. The molecule has 2 heteroatoms. The van der Waals surface area contributed by atoms with Crippen LogP contribution in [0, 0.1) is 0 Å². The number of hydrogen-bond donors (Lipinski definition) is 0. The first-order valence-electron chi connectivity index (χ1n) is 5.61. The van der Waals surface area contributed by atoms with Crippen molar-refractivity contribution >= 4 is 5.97 Å². The number of carbonyl (C=O) groups is 1. The zero-order valence-electron chi connectivity index (χ0n) is 9.03. The fourth-order valence-electron chi connectivity index (χ4n) is 2.09. The molecule has 15 heavy (non-hydrogen) atoms. The molecule has 0 unspecified atom stereocenters. The Kier molecular flexibility index (Phi) is 3.05. The van der Waals surface area contributed by atoms with Gasteiger partial charge in [0.15, 0.2) is 0 Å². The third kappa shape index (κ3) is 2.20. The smallest absolute Gasteiger partial charge is 0.311 e. The Hall–Kier alpha value is -1.31. The van der Waals surface area contributed by atoms with Crippen molar-refractivity contribution in [3.63, 3.8) is 0 Å². The Morgan fingerprint density at radius 1 is 1.40 bits per heavy atom. The first-order valence-corrected chi connectivity index (χ1v) is 5.61. The lowest BCUT2D eigenvalue weighted by Gasteiger charge is -2.24. The molecule has 2 nitrogen and oxygen atoms in total. The van der Waals surface area contributed by atoms with E-state index in [0.29, 0.717) is 12.3 Å². The van der Waals surface area contributed by atoms with Crippen LogP contribution in [-0.2, 0) is 4.79 Å². The summed E-state index contributed by atoms with van der Waals surface area (Å²) in [4.78, 5) is 11.4. The maximum absolute atomic E-state index is 11.4. The maximum Gasteiger partial charge on any atom is 0.311 e. The van der Waals surface area contributed by atoms with E-state index in [1.165, 1.54) is 18.4 Å². The Balaban J connectivity index is 2.22. The van der Waals surface area contributed by atoms with Crippen molar-refractivity contribution in [2.45, 2.75) is 38.5 Å². The second kappa shape index (κ2) is 4.47. The largest absolute Gasteiger partial charge is 0.426 e. The summed E-state index contributed by atoms with van der Waals surface area (Å²) >= 11 is 0. The van der Waals surface area contributed by atoms with Crippen LogP contribution in [-0.4, -0.2) is 5.97 Å². The number of unbranched alkanes of at least 4 members (excludes halogenated alkanes) is 1. The summed E-state index contributed by atoms with van der Waals surface area (Å²) in [6, 6.07) is 7.87. The van der Waals surface area contributed by atoms with E-state index in [4.69, 9.17) is 4.74 Å². The molecule has 0 radical (unpaired) electrons. The highest BCUT2D eigenvalue weighted by molar-refractivity contribution is 5.76. The quantitative estimate of drug-likeness (QED) is 0.558. The van der Waals surface area contributed by atoms with Crippen molar-refractivity contribution in [2.24, 2.45) is 0 Å². The van der Waals surface area contributed by atoms with Crippen molar-refractivity contribution in [1.82, 2.24) is 0 Å². The molecule has 0 amide bonds. The van der Waals surface area contributed by atoms with Crippen molar-refractivity contribution in [3.05, 3.63) is 29.8 Å². The van der Waals surface area contributed by atoms with Gasteiger partial charge >= 0.3 is 5.97 Å². The van der Waals surface area contributed by atoms with Gasteiger partial charge in [0.2, 0.25) is 0 Å². The van der Waals surface area contributed by atoms with Crippen LogP contribution >= 0.6 is 0 Å². The standard InChI is InChI=1S/C13H16O2/c1-2-3-6-10-9-13(14)15-12-8-5-4-7-11(10)12/h4-5,7-8,10H,2-3,6,9H2,1H3/t10-/m1/s1. The van der Waals surface area contributed by atoms with E-state index in [9.17, 15) is 4.79 Å². The topological polar surface area (TPSA) is 26.3 Å². The molecule has 80 valence electrons. The van der Waals surface area contributed by atoms with Gasteiger partial charge in [0.05, 0.1) is 6.42 Å². The highest BCUT2D eigenvalue weighted by atomic mass is 16.5. The molecule has 1 heterocycles. The van der Waals surface area contributed by atoms with Gasteiger partial charge in [-0.25, -0.2) is 0 Å². The highest BCUT2D eigenvalue weighted by Crippen LogP contribution is 2.36. The summed E-state index contributed by atoms with van der Waals surface area (Å²) in [5.74, 6) is 1.03. The molecule has 0 bridgehead atoms. The first-order chi connectivity index (χ1) is 7.31. The summed E-state index contributed by atoms with van der Waals surface area (Å²) in [5, 5.41) is 0. The predicted molar refractivity (Wildman–Crippen MR) is 59.0 cm³/mol. The molecule has 1 aliphatic heterocycles.